The van der Waals surface area contributed by atoms with Crippen molar-refractivity contribution in [3.63, 3.8) is 0 Å². The maximum atomic E-state index is 11.5. The molecule has 0 bridgehead atoms. The fourth-order valence-corrected chi connectivity index (χ4v) is 2.88. The van der Waals surface area contributed by atoms with Crippen molar-refractivity contribution in [3.05, 3.63) is 0 Å². The van der Waals surface area contributed by atoms with Gasteiger partial charge in [-0.15, -0.1) is 24.0 Å². The van der Waals surface area contributed by atoms with Crippen molar-refractivity contribution < 1.29 is 17.9 Å². The van der Waals surface area contributed by atoms with E-state index in [9.17, 15) is 13.2 Å². The van der Waals surface area contributed by atoms with Crippen molar-refractivity contribution in [2.75, 3.05) is 32.4 Å². The third kappa shape index (κ3) is 16.6. The Morgan fingerprint density at radius 1 is 1.04 bits per heavy atom. The van der Waals surface area contributed by atoms with E-state index in [2.05, 4.69) is 25.7 Å². The van der Waals surface area contributed by atoms with E-state index in [1.807, 2.05) is 6.92 Å². The van der Waals surface area contributed by atoms with Crippen LogP contribution in [0, 0.1) is 0 Å². The lowest BCUT2D eigenvalue weighted by Crippen LogP contribution is -2.47. The van der Waals surface area contributed by atoms with Crippen LogP contribution in [0.1, 0.15) is 41.5 Å². The minimum Gasteiger partial charge on any atom is -0.444 e. The first-order valence-electron chi connectivity index (χ1n) is 8.22. The van der Waals surface area contributed by atoms with Gasteiger partial charge in [-0.2, -0.15) is 0 Å². The Kier molecular flexibility index (Phi) is 12.4. The Morgan fingerprint density at radius 3 is 2.04 bits per heavy atom. The first-order chi connectivity index (χ1) is 11.2. The number of guanidine groups is 1. The Balaban J connectivity index is 0. The zero-order valence-corrected chi connectivity index (χ0v) is 19.9. The maximum absolute atomic E-state index is 11.5. The number of hydrogen-bond donors (Lipinski definition) is 4. The number of halogens is 1. The molecule has 0 aliphatic heterocycles. The Bertz CT molecular complexity index is 559. The predicted octanol–water partition coefficient (Wildman–Crippen LogP) is 1.01. The molecule has 0 spiro atoms. The maximum Gasteiger partial charge on any atom is 0.407 e. The van der Waals surface area contributed by atoms with Gasteiger partial charge in [-0.05, 0) is 41.5 Å². The Hall–Kier alpha value is -0.820. The fourth-order valence-electron chi connectivity index (χ4n) is 1.81. The van der Waals surface area contributed by atoms with Crippen LogP contribution >= 0.6 is 24.0 Å². The van der Waals surface area contributed by atoms with Crippen molar-refractivity contribution in [1.82, 2.24) is 20.7 Å². The normalized spacial score (nSPS) is 12.8. The van der Waals surface area contributed by atoms with Crippen LogP contribution in [0.5, 0.6) is 0 Å². The number of ether oxygens (including phenoxy) is 1. The molecule has 0 fully saturated rings. The summed E-state index contributed by atoms with van der Waals surface area (Å²) in [6, 6.07) is 0. The number of carbonyl (C=O) groups is 1. The second-order valence-corrected chi connectivity index (χ2v) is 9.06. The number of carbonyl (C=O) groups excluding carboxylic acids is 1. The number of amides is 1. The van der Waals surface area contributed by atoms with Gasteiger partial charge in [0.25, 0.3) is 0 Å². The molecule has 0 saturated heterocycles. The molecule has 0 aromatic carbocycles. The van der Waals surface area contributed by atoms with Gasteiger partial charge >= 0.3 is 6.09 Å². The molecule has 26 heavy (non-hydrogen) atoms. The third-order valence-electron chi connectivity index (χ3n) is 2.52. The standard InChI is InChI=1S/C15H33N5O4S.HI/c1-8-16-12(19-11-15(5,6)20-25(7,22)23)17-9-10-18-13(21)24-14(2,3)4;/h20H,8-11H2,1-7H3,(H,18,21)(H2,16,17,19);1H. The zero-order valence-electron chi connectivity index (χ0n) is 16.7. The van der Waals surface area contributed by atoms with E-state index in [0.29, 0.717) is 25.6 Å². The highest BCUT2D eigenvalue weighted by molar-refractivity contribution is 14.0. The van der Waals surface area contributed by atoms with E-state index in [-0.39, 0.29) is 30.5 Å². The van der Waals surface area contributed by atoms with Crippen molar-refractivity contribution in [2.45, 2.75) is 52.7 Å². The second kappa shape index (κ2) is 11.8. The van der Waals surface area contributed by atoms with Gasteiger partial charge in [-0.1, -0.05) is 0 Å². The molecule has 0 radical (unpaired) electrons. The van der Waals surface area contributed by atoms with Crippen LogP contribution in [-0.2, 0) is 14.8 Å². The molecule has 0 atom stereocenters. The summed E-state index contributed by atoms with van der Waals surface area (Å²) in [5.74, 6) is 0.539. The molecule has 4 N–H and O–H groups in total. The Labute approximate surface area is 174 Å². The van der Waals surface area contributed by atoms with Crippen LogP contribution in [0.15, 0.2) is 4.99 Å². The second-order valence-electron chi connectivity index (χ2n) is 7.31. The lowest BCUT2D eigenvalue weighted by molar-refractivity contribution is 0.0529. The summed E-state index contributed by atoms with van der Waals surface area (Å²) in [4.78, 5) is 15.9. The van der Waals surface area contributed by atoms with Crippen LogP contribution in [0.25, 0.3) is 0 Å². The number of alkyl carbamates (subject to hydrolysis) is 1. The van der Waals surface area contributed by atoms with E-state index in [4.69, 9.17) is 4.74 Å². The number of nitrogens with one attached hydrogen (secondary N) is 4. The number of aliphatic imine (C=N–C) groups is 1. The molecule has 0 aliphatic carbocycles. The molecule has 11 heteroatoms. The minimum absolute atomic E-state index is 0. The Morgan fingerprint density at radius 2 is 1.58 bits per heavy atom. The van der Waals surface area contributed by atoms with Crippen LogP contribution in [0.4, 0.5) is 4.79 Å². The lowest BCUT2D eigenvalue weighted by atomic mass is 10.1. The summed E-state index contributed by atoms with van der Waals surface area (Å²) < 4.78 is 30.4. The van der Waals surface area contributed by atoms with Crippen LogP contribution in [0.3, 0.4) is 0 Å². The number of hydrogen-bond acceptors (Lipinski definition) is 5. The number of sulfonamides is 1. The van der Waals surface area contributed by atoms with Crippen molar-refractivity contribution >= 4 is 46.1 Å². The first kappa shape index (κ1) is 27.4. The smallest absolute Gasteiger partial charge is 0.407 e. The molecular weight excluding hydrogens is 473 g/mol. The van der Waals surface area contributed by atoms with E-state index < -0.39 is 27.3 Å². The van der Waals surface area contributed by atoms with Gasteiger partial charge in [0, 0.05) is 25.2 Å². The monoisotopic (exact) mass is 507 g/mol. The highest BCUT2D eigenvalue weighted by Crippen LogP contribution is 2.06. The van der Waals surface area contributed by atoms with Gasteiger partial charge < -0.3 is 20.7 Å². The molecule has 0 saturated carbocycles. The molecule has 156 valence electrons. The van der Waals surface area contributed by atoms with Gasteiger partial charge in [-0.3, -0.25) is 4.99 Å². The third-order valence-corrected chi connectivity index (χ3v) is 3.45. The van der Waals surface area contributed by atoms with Crippen molar-refractivity contribution in [1.29, 1.82) is 0 Å². The molecule has 1 amide bonds. The fraction of sp³-hybridized carbons (Fsp3) is 0.867. The average Bonchev–Trinajstić information content (AvgIpc) is 2.36. The molecule has 0 aliphatic rings. The van der Waals surface area contributed by atoms with Crippen molar-refractivity contribution in [2.24, 2.45) is 4.99 Å². The summed E-state index contributed by atoms with van der Waals surface area (Å²) in [6.07, 6.45) is 0.638. The first-order valence-corrected chi connectivity index (χ1v) is 10.1. The van der Waals surface area contributed by atoms with Gasteiger partial charge in [0.1, 0.15) is 5.60 Å². The summed E-state index contributed by atoms with van der Waals surface area (Å²) >= 11 is 0. The van der Waals surface area contributed by atoms with Crippen LogP contribution < -0.4 is 20.7 Å². The minimum atomic E-state index is -3.31. The molecule has 0 heterocycles. The lowest BCUT2D eigenvalue weighted by Gasteiger charge is -2.23. The van der Waals surface area contributed by atoms with E-state index in [1.165, 1.54) is 0 Å². The molecule has 0 aromatic rings. The number of rotatable bonds is 8. The van der Waals surface area contributed by atoms with Gasteiger partial charge in [-0.25, -0.2) is 17.9 Å². The van der Waals surface area contributed by atoms with Crippen LogP contribution in [-0.4, -0.2) is 64.0 Å². The topological polar surface area (TPSA) is 121 Å². The quantitative estimate of drug-likeness (QED) is 0.169. The average molecular weight is 507 g/mol. The molecule has 0 unspecified atom stereocenters. The van der Waals surface area contributed by atoms with Crippen LogP contribution in [0.2, 0.25) is 0 Å². The summed E-state index contributed by atoms with van der Waals surface area (Å²) in [7, 11) is -3.31. The molecule has 0 aromatic heterocycles. The molecule has 0 rings (SSSR count). The van der Waals surface area contributed by atoms with E-state index in [0.717, 1.165) is 6.26 Å². The summed E-state index contributed by atoms with van der Waals surface area (Å²) in [5.41, 5.74) is -1.24. The highest BCUT2D eigenvalue weighted by atomic mass is 127. The molecule has 9 nitrogen and oxygen atoms in total. The van der Waals surface area contributed by atoms with E-state index >= 15 is 0 Å². The van der Waals surface area contributed by atoms with Gasteiger partial charge in [0.05, 0.1) is 12.8 Å². The van der Waals surface area contributed by atoms with Gasteiger partial charge in [0.2, 0.25) is 10.0 Å². The summed E-state index contributed by atoms with van der Waals surface area (Å²) in [5, 5.41) is 8.77. The molecular formula is C15H34IN5O4S. The zero-order chi connectivity index (χ0) is 19.7. The largest absolute Gasteiger partial charge is 0.444 e. The SMILES string of the molecule is CCNC(=NCC(C)(C)NS(C)(=O)=O)NCCNC(=O)OC(C)(C)C.I. The number of nitrogens with zero attached hydrogens (tertiary/aromatic N) is 1. The predicted molar refractivity (Wildman–Crippen MR) is 116 cm³/mol. The highest BCUT2D eigenvalue weighted by Gasteiger charge is 2.22. The summed E-state index contributed by atoms with van der Waals surface area (Å²) in [6.45, 7) is 12.6. The van der Waals surface area contributed by atoms with Gasteiger partial charge in [0.15, 0.2) is 5.96 Å². The van der Waals surface area contributed by atoms with Crippen molar-refractivity contribution in [3.8, 4) is 0 Å². The van der Waals surface area contributed by atoms with E-state index in [1.54, 1.807) is 34.6 Å².